The number of aromatic carboxylic acids is 1. The van der Waals surface area contributed by atoms with Gasteiger partial charge in [-0.2, -0.15) is 0 Å². The highest BCUT2D eigenvalue weighted by Crippen LogP contribution is 2.17. The van der Waals surface area contributed by atoms with E-state index in [1.54, 1.807) is 24.3 Å². The van der Waals surface area contributed by atoms with Crippen LogP contribution in [0.3, 0.4) is 0 Å². The van der Waals surface area contributed by atoms with E-state index >= 15 is 0 Å². The number of carboxylic acid groups (broad SMARTS) is 1. The topological polar surface area (TPSA) is 88.4 Å². The molecule has 0 saturated heterocycles. The highest BCUT2D eigenvalue weighted by atomic mass is 16.4. The van der Waals surface area contributed by atoms with E-state index in [1.165, 1.54) is 6.07 Å². The summed E-state index contributed by atoms with van der Waals surface area (Å²) in [5, 5.41) is 12.3. The molecule has 2 N–H and O–H groups in total. The monoisotopic (exact) mass is 398 g/mol. The Morgan fingerprint density at radius 1 is 0.867 bits per heavy atom. The summed E-state index contributed by atoms with van der Waals surface area (Å²) in [6.07, 6.45) is 1.78. The van der Waals surface area contributed by atoms with Crippen molar-refractivity contribution in [1.82, 2.24) is 4.57 Å². The van der Waals surface area contributed by atoms with Crippen LogP contribution in [0, 0.1) is 0 Å². The average molecular weight is 398 g/mol. The van der Waals surface area contributed by atoms with Gasteiger partial charge >= 0.3 is 12.0 Å². The quantitative estimate of drug-likeness (QED) is 0.534. The SMILES string of the molecule is O=C(O)c1cn(C(=O)Nc2cccc(Cc3ccccc3)c2)c2ccccc2c1=O. The zero-order chi connectivity index (χ0) is 21.1. The first-order chi connectivity index (χ1) is 14.5. The zero-order valence-electron chi connectivity index (χ0n) is 15.9. The fourth-order valence-electron chi connectivity index (χ4n) is 3.37. The fourth-order valence-corrected chi connectivity index (χ4v) is 3.37. The standard InChI is InChI=1S/C24H18N2O4/c27-22-19-11-4-5-12-21(19)26(15-20(22)23(28)29)24(30)25-18-10-6-9-17(14-18)13-16-7-2-1-3-8-16/h1-12,14-15H,13H2,(H,25,30)(H,28,29). The van der Waals surface area contributed by atoms with E-state index in [9.17, 15) is 19.5 Å². The third-order valence-corrected chi connectivity index (χ3v) is 4.79. The van der Waals surface area contributed by atoms with Gasteiger partial charge in [-0.15, -0.1) is 0 Å². The summed E-state index contributed by atoms with van der Waals surface area (Å²) < 4.78 is 1.16. The summed E-state index contributed by atoms with van der Waals surface area (Å²) in [4.78, 5) is 36.8. The van der Waals surface area contributed by atoms with E-state index in [2.05, 4.69) is 5.32 Å². The van der Waals surface area contributed by atoms with Crippen molar-refractivity contribution in [2.24, 2.45) is 0 Å². The Morgan fingerprint density at radius 3 is 2.33 bits per heavy atom. The summed E-state index contributed by atoms with van der Waals surface area (Å²) in [6.45, 7) is 0. The highest BCUT2D eigenvalue weighted by Gasteiger charge is 2.17. The molecule has 148 valence electrons. The van der Waals surface area contributed by atoms with E-state index in [0.717, 1.165) is 21.9 Å². The molecule has 1 aromatic heterocycles. The smallest absolute Gasteiger partial charge is 0.341 e. The average Bonchev–Trinajstić information content (AvgIpc) is 2.75. The van der Waals surface area contributed by atoms with Gasteiger partial charge in [-0.1, -0.05) is 54.6 Å². The molecular weight excluding hydrogens is 380 g/mol. The molecule has 0 bridgehead atoms. The van der Waals surface area contributed by atoms with E-state index in [4.69, 9.17) is 0 Å². The van der Waals surface area contributed by atoms with Crippen LogP contribution >= 0.6 is 0 Å². The van der Waals surface area contributed by atoms with Crippen molar-refractivity contribution >= 4 is 28.6 Å². The summed E-state index contributed by atoms with van der Waals surface area (Å²) in [5.74, 6) is -1.38. The Bertz CT molecular complexity index is 1310. The van der Waals surface area contributed by atoms with Crippen LogP contribution in [0.5, 0.6) is 0 Å². The van der Waals surface area contributed by atoms with Crippen molar-refractivity contribution in [3.8, 4) is 0 Å². The molecule has 0 unspecified atom stereocenters. The molecule has 0 saturated carbocycles. The molecule has 4 aromatic rings. The number of anilines is 1. The highest BCUT2D eigenvalue weighted by molar-refractivity contribution is 6.00. The number of carboxylic acids is 1. The van der Waals surface area contributed by atoms with Gasteiger partial charge in [-0.25, -0.2) is 9.59 Å². The van der Waals surface area contributed by atoms with E-state index in [-0.39, 0.29) is 5.39 Å². The van der Waals surface area contributed by atoms with Crippen molar-refractivity contribution in [3.05, 3.63) is 112 Å². The van der Waals surface area contributed by atoms with E-state index < -0.39 is 23.0 Å². The van der Waals surface area contributed by atoms with Crippen LogP contribution in [0.4, 0.5) is 10.5 Å². The lowest BCUT2D eigenvalue weighted by Crippen LogP contribution is -2.25. The lowest BCUT2D eigenvalue weighted by Gasteiger charge is -2.13. The molecule has 4 rings (SSSR count). The summed E-state index contributed by atoms with van der Waals surface area (Å²) in [6, 6.07) is 23.3. The second kappa shape index (κ2) is 8.05. The van der Waals surface area contributed by atoms with Gasteiger partial charge in [0, 0.05) is 17.3 Å². The number of amides is 1. The number of carbonyl (C=O) groups excluding carboxylic acids is 1. The Morgan fingerprint density at radius 2 is 1.57 bits per heavy atom. The molecule has 0 atom stereocenters. The minimum absolute atomic E-state index is 0.172. The lowest BCUT2D eigenvalue weighted by atomic mass is 10.0. The van der Waals surface area contributed by atoms with Crippen molar-refractivity contribution in [1.29, 1.82) is 0 Å². The minimum atomic E-state index is -1.38. The molecule has 1 amide bonds. The number of aromatic nitrogens is 1. The van der Waals surface area contributed by atoms with Crippen LogP contribution in [-0.2, 0) is 6.42 Å². The molecule has 0 aliphatic rings. The molecule has 0 radical (unpaired) electrons. The zero-order valence-corrected chi connectivity index (χ0v) is 15.9. The largest absolute Gasteiger partial charge is 0.477 e. The summed E-state index contributed by atoms with van der Waals surface area (Å²) >= 11 is 0. The number of carbonyl (C=O) groups is 2. The van der Waals surface area contributed by atoms with Crippen molar-refractivity contribution in [2.45, 2.75) is 6.42 Å². The first-order valence-corrected chi connectivity index (χ1v) is 9.35. The summed E-state index contributed by atoms with van der Waals surface area (Å²) in [7, 11) is 0. The van der Waals surface area contributed by atoms with Crippen molar-refractivity contribution < 1.29 is 14.7 Å². The van der Waals surface area contributed by atoms with Gasteiger partial charge in [0.2, 0.25) is 5.43 Å². The molecule has 0 fully saturated rings. The molecule has 0 aliphatic heterocycles. The van der Waals surface area contributed by atoms with Crippen LogP contribution in [0.15, 0.2) is 89.9 Å². The Hall–Kier alpha value is -4.19. The molecular formula is C24H18N2O4. The van der Waals surface area contributed by atoms with Gasteiger partial charge in [0.25, 0.3) is 0 Å². The van der Waals surface area contributed by atoms with Crippen LogP contribution in [0.2, 0.25) is 0 Å². The van der Waals surface area contributed by atoms with Crippen molar-refractivity contribution in [2.75, 3.05) is 5.32 Å². The molecule has 0 spiro atoms. The number of hydrogen-bond donors (Lipinski definition) is 2. The second-order valence-corrected chi connectivity index (χ2v) is 6.86. The third kappa shape index (κ3) is 3.84. The number of para-hydroxylation sites is 1. The second-order valence-electron chi connectivity index (χ2n) is 6.86. The minimum Gasteiger partial charge on any atom is -0.477 e. The Labute approximate surface area is 172 Å². The van der Waals surface area contributed by atoms with Crippen LogP contribution in [-0.4, -0.2) is 21.7 Å². The first kappa shape index (κ1) is 19.1. The van der Waals surface area contributed by atoms with Gasteiger partial charge in [0.05, 0.1) is 5.52 Å². The predicted molar refractivity (Wildman–Crippen MR) is 115 cm³/mol. The number of fused-ring (bicyclic) bond motifs is 1. The fraction of sp³-hybridized carbons (Fsp3) is 0.0417. The molecule has 3 aromatic carbocycles. The maximum Gasteiger partial charge on any atom is 0.341 e. The van der Waals surface area contributed by atoms with Gasteiger partial charge < -0.3 is 10.4 Å². The van der Waals surface area contributed by atoms with Crippen LogP contribution in [0.1, 0.15) is 21.5 Å². The number of pyridine rings is 1. The molecule has 6 nitrogen and oxygen atoms in total. The lowest BCUT2D eigenvalue weighted by molar-refractivity contribution is 0.0695. The Kier molecular flexibility index (Phi) is 5.13. The first-order valence-electron chi connectivity index (χ1n) is 9.35. The van der Waals surface area contributed by atoms with Crippen molar-refractivity contribution in [3.63, 3.8) is 0 Å². The number of benzene rings is 3. The number of nitrogens with zero attached hydrogens (tertiary/aromatic N) is 1. The van der Waals surface area contributed by atoms with Gasteiger partial charge in [-0.3, -0.25) is 9.36 Å². The predicted octanol–water partition coefficient (Wildman–Crippen LogP) is 4.37. The van der Waals surface area contributed by atoms with E-state index in [0.29, 0.717) is 17.6 Å². The van der Waals surface area contributed by atoms with E-state index in [1.807, 2.05) is 48.5 Å². The maximum absolute atomic E-state index is 12.9. The maximum atomic E-state index is 12.9. The molecule has 6 heteroatoms. The van der Waals surface area contributed by atoms with Gasteiger partial charge in [0.15, 0.2) is 0 Å². The van der Waals surface area contributed by atoms with Gasteiger partial charge in [0.1, 0.15) is 5.56 Å². The van der Waals surface area contributed by atoms with Gasteiger partial charge in [-0.05, 0) is 41.8 Å². The Balaban J connectivity index is 1.67. The van der Waals surface area contributed by atoms with Crippen LogP contribution in [0.25, 0.3) is 10.9 Å². The molecule has 1 heterocycles. The summed E-state index contributed by atoms with van der Waals surface area (Å²) in [5.41, 5.74) is 2.01. The molecule has 30 heavy (non-hydrogen) atoms. The van der Waals surface area contributed by atoms with Crippen LogP contribution < -0.4 is 10.7 Å². The molecule has 0 aliphatic carbocycles. The number of rotatable bonds is 4. The third-order valence-electron chi connectivity index (χ3n) is 4.79. The normalized spacial score (nSPS) is 10.7. The number of nitrogens with one attached hydrogen (secondary N) is 1. The number of hydrogen-bond acceptors (Lipinski definition) is 3.